The third kappa shape index (κ3) is 2.85. The highest BCUT2D eigenvalue weighted by Crippen LogP contribution is 2.29. The van der Waals surface area contributed by atoms with E-state index in [-0.39, 0.29) is 12.4 Å². The summed E-state index contributed by atoms with van der Waals surface area (Å²) in [5, 5.41) is 9.47. The summed E-state index contributed by atoms with van der Waals surface area (Å²) in [5.74, 6) is 0.549. The summed E-state index contributed by atoms with van der Waals surface area (Å²) >= 11 is 6.11. The highest BCUT2D eigenvalue weighted by Gasteiger charge is 2.22. The van der Waals surface area contributed by atoms with Crippen LogP contribution < -0.4 is 4.90 Å². The Bertz CT molecular complexity index is 447. The van der Waals surface area contributed by atoms with Gasteiger partial charge >= 0.3 is 0 Å². The number of benzene rings is 1. The maximum Gasteiger partial charge on any atom is 0.161 e. The number of carbonyl (C=O) groups is 1. The van der Waals surface area contributed by atoms with E-state index in [1.807, 2.05) is 12.1 Å². The SMILES string of the molecule is CC(=O)c1ccc(N2CCC(CCO)C2)cc1Cl. The molecule has 0 radical (unpaired) electrons. The first kappa shape index (κ1) is 13.4. The van der Waals surface area contributed by atoms with E-state index in [9.17, 15) is 4.79 Å². The van der Waals surface area contributed by atoms with Gasteiger partial charge in [0.05, 0.1) is 5.02 Å². The van der Waals surface area contributed by atoms with Crippen LogP contribution in [0.2, 0.25) is 5.02 Å². The van der Waals surface area contributed by atoms with Crippen molar-refractivity contribution >= 4 is 23.1 Å². The average Bonchev–Trinajstić information content (AvgIpc) is 2.77. The van der Waals surface area contributed by atoms with E-state index in [1.165, 1.54) is 6.92 Å². The minimum Gasteiger partial charge on any atom is -0.396 e. The standard InChI is InChI=1S/C14H18ClNO2/c1-10(18)13-3-2-12(8-14(13)15)16-6-4-11(9-16)5-7-17/h2-3,8,11,17H,4-7,9H2,1H3. The number of carbonyl (C=O) groups excluding carboxylic acids is 1. The Morgan fingerprint density at radius 1 is 1.56 bits per heavy atom. The van der Waals surface area contributed by atoms with Gasteiger partial charge in [-0.25, -0.2) is 0 Å². The third-order valence-corrected chi connectivity index (χ3v) is 3.83. The van der Waals surface area contributed by atoms with Crippen LogP contribution >= 0.6 is 11.6 Å². The number of halogens is 1. The Kier molecular flexibility index (Phi) is 4.25. The van der Waals surface area contributed by atoms with E-state index in [4.69, 9.17) is 16.7 Å². The van der Waals surface area contributed by atoms with Crippen LogP contribution in [0.5, 0.6) is 0 Å². The number of hydrogen-bond acceptors (Lipinski definition) is 3. The van der Waals surface area contributed by atoms with E-state index in [0.29, 0.717) is 16.5 Å². The number of rotatable bonds is 4. The molecule has 3 nitrogen and oxygen atoms in total. The minimum absolute atomic E-state index is 0.00821. The lowest BCUT2D eigenvalue weighted by Crippen LogP contribution is -2.20. The van der Waals surface area contributed by atoms with Crippen molar-refractivity contribution in [3.05, 3.63) is 28.8 Å². The number of ketones is 1. The quantitative estimate of drug-likeness (QED) is 0.853. The van der Waals surface area contributed by atoms with Gasteiger partial charge < -0.3 is 10.0 Å². The van der Waals surface area contributed by atoms with Crippen LogP contribution in [0.15, 0.2) is 18.2 Å². The van der Waals surface area contributed by atoms with Crippen molar-refractivity contribution in [2.45, 2.75) is 19.8 Å². The molecule has 0 saturated carbocycles. The van der Waals surface area contributed by atoms with Crippen molar-refractivity contribution in [1.82, 2.24) is 0 Å². The van der Waals surface area contributed by atoms with Crippen molar-refractivity contribution in [1.29, 1.82) is 0 Å². The molecule has 1 unspecified atom stereocenters. The molecule has 4 heteroatoms. The summed E-state index contributed by atoms with van der Waals surface area (Å²) in [5.41, 5.74) is 1.64. The van der Waals surface area contributed by atoms with E-state index >= 15 is 0 Å². The molecule has 1 atom stereocenters. The van der Waals surface area contributed by atoms with Gasteiger partial charge in [0.1, 0.15) is 0 Å². The number of anilines is 1. The maximum atomic E-state index is 11.3. The molecule has 1 aliphatic rings. The molecule has 1 fully saturated rings. The zero-order chi connectivity index (χ0) is 13.1. The highest BCUT2D eigenvalue weighted by atomic mass is 35.5. The van der Waals surface area contributed by atoms with E-state index in [2.05, 4.69) is 4.90 Å². The topological polar surface area (TPSA) is 40.5 Å². The smallest absolute Gasteiger partial charge is 0.161 e. The molecule has 0 aliphatic carbocycles. The van der Waals surface area contributed by atoms with Crippen LogP contribution in [-0.2, 0) is 0 Å². The van der Waals surface area contributed by atoms with Gasteiger partial charge in [0.2, 0.25) is 0 Å². The molecular formula is C14H18ClNO2. The first-order valence-corrected chi connectivity index (χ1v) is 6.66. The predicted molar refractivity (Wildman–Crippen MR) is 73.5 cm³/mol. The fourth-order valence-corrected chi connectivity index (χ4v) is 2.78. The lowest BCUT2D eigenvalue weighted by Gasteiger charge is -2.19. The number of hydrogen-bond donors (Lipinski definition) is 1. The second-order valence-electron chi connectivity index (χ2n) is 4.83. The largest absolute Gasteiger partial charge is 0.396 e. The Labute approximate surface area is 112 Å². The van der Waals surface area contributed by atoms with Gasteiger partial charge in [-0.15, -0.1) is 0 Å². The van der Waals surface area contributed by atoms with E-state index in [0.717, 1.165) is 31.6 Å². The normalized spacial score (nSPS) is 19.3. The summed E-state index contributed by atoms with van der Waals surface area (Å²) in [6, 6.07) is 5.60. The van der Waals surface area contributed by atoms with Gasteiger partial charge in [0, 0.05) is 30.9 Å². The Balaban J connectivity index is 2.11. The van der Waals surface area contributed by atoms with Crippen LogP contribution in [0.25, 0.3) is 0 Å². The van der Waals surface area contributed by atoms with Gasteiger partial charge in [-0.05, 0) is 43.9 Å². The summed E-state index contributed by atoms with van der Waals surface area (Å²) in [6.07, 6.45) is 1.96. The van der Waals surface area contributed by atoms with Crippen LogP contribution in [0.3, 0.4) is 0 Å². The second kappa shape index (κ2) is 5.72. The average molecular weight is 268 g/mol. The maximum absolute atomic E-state index is 11.3. The molecule has 0 spiro atoms. The second-order valence-corrected chi connectivity index (χ2v) is 5.24. The molecule has 0 amide bonds. The zero-order valence-corrected chi connectivity index (χ0v) is 11.3. The zero-order valence-electron chi connectivity index (χ0n) is 10.5. The molecule has 18 heavy (non-hydrogen) atoms. The molecule has 1 aliphatic heterocycles. The van der Waals surface area contributed by atoms with Crippen LogP contribution in [0, 0.1) is 5.92 Å². The summed E-state index contributed by atoms with van der Waals surface area (Å²) in [4.78, 5) is 13.6. The number of aliphatic hydroxyl groups excluding tert-OH is 1. The highest BCUT2D eigenvalue weighted by molar-refractivity contribution is 6.34. The van der Waals surface area contributed by atoms with Crippen LogP contribution in [0.1, 0.15) is 30.1 Å². The molecule has 2 rings (SSSR count). The summed E-state index contributed by atoms with van der Waals surface area (Å²) in [7, 11) is 0. The molecule has 0 aromatic heterocycles. The number of Topliss-reactive ketones (excluding diaryl/α,β-unsaturated/α-hetero) is 1. The molecule has 1 saturated heterocycles. The Morgan fingerprint density at radius 2 is 2.33 bits per heavy atom. The summed E-state index contributed by atoms with van der Waals surface area (Å²) < 4.78 is 0. The number of nitrogens with zero attached hydrogens (tertiary/aromatic N) is 1. The van der Waals surface area contributed by atoms with E-state index in [1.54, 1.807) is 6.07 Å². The van der Waals surface area contributed by atoms with Crippen LogP contribution in [0.4, 0.5) is 5.69 Å². The lowest BCUT2D eigenvalue weighted by molar-refractivity contribution is 0.101. The molecule has 1 heterocycles. The Hall–Kier alpha value is -1.06. The Morgan fingerprint density at radius 3 is 2.94 bits per heavy atom. The fourth-order valence-electron chi connectivity index (χ4n) is 2.47. The predicted octanol–water partition coefficient (Wildman–Crippen LogP) is 2.75. The monoisotopic (exact) mass is 267 g/mol. The first-order valence-electron chi connectivity index (χ1n) is 6.28. The molecular weight excluding hydrogens is 250 g/mol. The van der Waals surface area contributed by atoms with Crippen molar-refractivity contribution in [3.63, 3.8) is 0 Å². The molecule has 1 aromatic rings. The fraction of sp³-hybridized carbons (Fsp3) is 0.500. The minimum atomic E-state index is -0.00821. The van der Waals surface area contributed by atoms with Crippen molar-refractivity contribution in [2.75, 3.05) is 24.6 Å². The van der Waals surface area contributed by atoms with Crippen LogP contribution in [-0.4, -0.2) is 30.6 Å². The van der Waals surface area contributed by atoms with Gasteiger partial charge in [0.15, 0.2) is 5.78 Å². The molecule has 0 bridgehead atoms. The lowest BCUT2D eigenvalue weighted by atomic mass is 10.1. The van der Waals surface area contributed by atoms with Crippen molar-refractivity contribution in [2.24, 2.45) is 5.92 Å². The van der Waals surface area contributed by atoms with Gasteiger partial charge in [-0.3, -0.25) is 4.79 Å². The molecule has 1 N–H and O–H groups in total. The van der Waals surface area contributed by atoms with Gasteiger partial charge in [-0.2, -0.15) is 0 Å². The van der Waals surface area contributed by atoms with Crippen molar-refractivity contribution in [3.8, 4) is 0 Å². The first-order chi connectivity index (χ1) is 8.61. The molecule has 1 aromatic carbocycles. The summed E-state index contributed by atoms with van der Waals surface area (Å²) in [6.45, 7) is 3.72. The van der Waals surface area contributed by atoms with E-state index < -0.39 is 0 Å². The van der Waals surface area contributed by atoms with Crippen molar-refractivity contribution < 1.29 is 9.90 Å². The third-order valence-electron chi connectivity index (χ3n) is 3.52. The van der Waals surface area contributed by atoms with Gasteiger partial charge in [0.25, 0.3) is 0 Å². The number of aliphatic hydroxyl groups is 1. The molecule has 98 valence electrons. The van der Waals surface area contributed by atoms with Gasteiger partial charge in [-0.1, -0.05) is 11.6 Å².